The number of hydrogen-bond acceptors (Lipinski definition) is 4. The Bertz CT molecular complexity index is 467. The van der Waals surface area contributed by atoms with Crippen molar-refractivity contribution in [3.63, 3.8) is 0 Å². The fourth-order valence-corrected chi connectivity index (χ4v) is 2.02. The Morgan fingerprint density at radius 3 is 2.88 bits per heavy atom. The predicted molar refractivity (Wildman–Crippen MR) is 66.6 cm³/mol. The molecule has 1 heterocycles. The van der Waals surface area contributed by atoms with E-state index in [1.165, 1.54) is 4.90 Å². The van der Waals surface area contributed by atoms with Crippen molar-refractivity contribution in [1.82, 2.24) is 15.0 Å². The van der Waals surface area contributed by atoms with E-state index < -0.39 is 0 Å². The number of rotatable bonds is 4. The summed E-state index contributed by atoms with van der Waals surface area (Å²) in [6.45, 7) is 0.737. The Hall–Kier alpha value is -1.49. The van der Waals surface area contributed by atoms with Crippen molar-refractivity contribution in [2.75, 3.05) is 11.6 Å². The first-order valence-corrected chi connectivity index (χ1v) is 6.24. The normalized spacial score (nSPS) is 10.4. The first-order chi connectivity index (χ1) is 7.81. The maximum atomic E-state index is 3.89. The predicted octanol–water partition coefficient (Wildman–Crippen LogP) is 2.15. The number of anilines is 1. The smallest absolute Gasteiger partial charge is 0.0774 e. The Balaban J connectivity index is 2.07. The molecule has 0 radical (unpaired) electrons. The minimum absolute atomic E-state index is 0.737. The fraction of sp³-hybridized carbons (Fsp3) is 0.273. The van der Waals surface area contributed by atoms with Gasteiger partial charge in [0, 0.05) is 17.6 Å². The molecule has 0 unspecified atom stereocenters. The van der Waals surface area contributed by atoms with E-state index in [-0.39, 0.29) is 0 Å². The van der Waals surface area contributed by atoms with Gasteiger partial charge in [-0.2, -0.15) is 0 Å². The monoisotopic (exact) mass is 234 g/mol. The van der Waals surface area contributed by atoms with Crippen LogP contribution in [-0.2, 0) is 13.6 Å². The summed E-state index contributed by atoms with van der Waals surface area (Å²) in [5.74, 6) is 0. The van der Waals surface area contributed by atoms with Crippen LogP contribution in [0.1, 0.15) is 5.69 Å². The van der Waals surface area contributed by atoms with E-state index in [1.54, 1.807) is 22.6 Å². The summed E-state index contributed by atoms with van der Waals surface area (Å²) in [4.78, 5) is 1.25. The van der Waals surface area contributed by atoms with Gasteiger partial charge in [-0.05, 0) is 18.4 Å². The second-order valence-electron chi connectivity index (χ2n) is 3.40. The summed E-state index contributed by atoms with van der Waals surface area (Å²) < 4.78 is 1.77. The quantitative estimate of drug-likeness (QED) is 0.823. The third-order valence-electron chi connectivity index (χ3n) is 2.38. The molecule has 0 aliphatic heterocycles. The molecular formula is C11H14N4S. The number of aromatic nitrogens is 3. The molecule has 0 bridgehead atoms. The van der Waals surface area contributed by atoms with Crippen LogP contribution in [0.3, 0.4) is 0 Å². The maximum absolute atomic E-state index is 3.89. The molecule has 0 saturated heterocycles. The number of aryl methyl sites for hydroxylation is 1. The highest BCUT2D eigenvalue weighted by molar-refractivity contribution is 7.98. The highest BCUT2D eigenvalue weighted by atomic mass is 32.2. The molecule has 4 nitrogen and oxygen atoms in total. The van der Waals surface area contributed by atoms with Gasteiger partial charge in [-0.25, -0.2) is 0 Å². The number of hydrogen-bond donors (Lipinski definition) is 1. The van der Waals surface area contributed by atoms with Crippen molar-refractivity contribution in [2.24, 2.45) is 7.05 Å². The van der Waals surface area contributed by atoms with Gasteiger partial charge in [0.1, 0.15) is 0 Å². The van der Waals surface area contributed by atoms with Crippen LogP contribution in [0.15, 0.2) is 35.4 Å². The van der Waals surface area contributed by atoms with E-state index >= 15 is 0 Å². The van der Waals surface area contributed by atoms with E-state index in [4.69, 9.17) is 0 Å². The molecule has 0 amide bonds. The van der Waals surface area contributed by atoms with Crippen LogP contribution in [0.25, 0.3) is 0 Å². The van der Waals surface area contributed by atoms with Gasteiger partial charge in [0.25, 0.3) is 0 Å². The zero-order valence-corrected chi connectivity index (χ0v) is 10.2. The molecule has 1 aromatic heterocycles. The third kappa shape index (κ3) is 2.36. The minimum Gasteiger partial charge on any atom is -0.378 e. The van der Waals surface area contributed by atoms with E-state index in [9.17, 15) is 0 Å². The lowest BCUT2D eigenvalue weighted by atomic mass is 10.3. The van der Waals surface area contributed by atoms with Crippen LogP contribution in [0, 0.1) is 0 Å². The van der Waals surface area contributed by atoms with E-state index in [0.29, 0.717) is 0 Å². The summed E-state index contributed by atoms with van der Waals surface area (Å²) >= 11 is 1.74. The zero-order chi connectivity index (χ0) is 11.4. The van der Waals surface area contributed by atoms with Crippen LogP contribution in [-0.4, -0.2) is 21.2 Å². The van der Waals surface area contributed by atoms with Crippen LogP contribution in [0.2, 0.25) is 0 Å². The van der Waals surface area contributed by atoms with E-state index in [0.717, 1.165) is 17.9 Å². The lowest BCUT2D eigenvalue weighted by Gasteiger charge is -2.09. The van der Waals surface area contributed by atoms with Crippen LogP contribution in [0.4, 0.5) is 5.69 Å². The number of thioether (sulfide) groups is 1. The summed E-state index contributed by atoms with van der Waals surface area (Å²) in [7, 11) is 1.89. The SMILES string of the molecule is CSc1ccccc1NCc1cnnn1C. The first kappa shape index (κ1) is 11.0. The summed E-state index contributed by atoms with van der Waals surface area (Å²) in [6.07, 6.45) is 3.85. The summed E-state index contributed by atoms with van der Waals surface area (Å²) in [5, 5.41) is 11.1. The third-order valence-corrected chi connectivity index (χ3v) is 3.17. The van der Waals surface area contributed by atoms with Gasteiger partial charge in [0.05, 0.1) is 18.4 Å². The molecule has 0 fully saturated rings. The highest BCUT2D eigenvalue weighted by Gasteiger charge is 2.02. The summed E-state index contributed by atoms with van der Waals surface area (Å²) in [5.41, 5.74) is 2.21. The largest absolute Gasteiger partial charge is 0.378 e. The molecule has 0 saturated carbocycles. The summed E-state index contributed by atoms with van der Waals surface area (Å²) in [6, 6.07) is 8.26. The van der Waals surface area contributed by atoms with Gasteiger partial charge < -0.3 is 5.32 Å². The van der Waals surface area contributed by atoms with Crippen molar-refractivity contribution in [1.29, 1.82) is 0 Å². The molecule has 16 heavy (non-hydrogen) atoms. The molecule has 0 atom stereocenters. The molecule has 84 valence electrons. The van der Waals surface area contributed by atoms with Gasteiger partial charge in [-0.1, -0.05) is 17.3 Å². The van der Waals surface area contributed by atoms with Crippen LogP contribution < -0.4 is 5.32 Å². The Morgan fingerprint density at radius 2 is 2.19 bits per heavy atom. The van der Waals surface area contributed by atoms with Gasteiger partial charge >= 0.3 is 0 Å². The van der Waals surface area contributed by atoms with Crippen molar-refractivity contribution in [3.8, 4) is 0 Å². The Labute approximate surface area is 99.1 Å². The maximum Gasteiger partial charge on any atom is 0.0774 e. The number of para-hydroxylation sites is 1. The molecule has 0 aliphatic carbocycles. The van der Waals surface area contributed by atoms with Gasteiger partial charge in [-0.15, -0.1) is 16.9 Å². The average molecular weight is 234 g/mol. The molecule has 1 aromatic carbocycles. The zero-order valence-electron chi connectivity index (χ0n) is 9.34. The highest BCUT2D eigenvalue weighted by Crippen LogP contribution is 2.24. The molecule has 1 N–H and O–H groups in total. The Morgan fingerprint density at radius 1 is 1.38 bits per heavy atom. The molecule has 0 aliphatic rings. The van der Waals surface area contributed by atoms with Crippen molar-refractivity contribution in [3.05, 3.63) is 36.2 Å². The topological polar surface area (TPSA) is 42.7 Å². The van der Waals surface area contributed by atoms with Crippen molar-refractivity contribution >= 4 is 17.4 Å². The first-order valence-electron chi connectivity index (χ1n) is 5.01. The molecule has 0 spiro atoms. The van der Waals surface area contributed by atoms with E-state index in [1.807, 2.05) is 19.2 Å². The lowest BCUT2D eigenvalue weighted by molar-refractivity contribution is 0.683. The molecule has 2 rings (SSSR count). The number of nitrogens with one attached hydrogen (secondary N) is 1. The molecule has 2 aromatic rings. The second kappa shape index (κ2) is 5.03. The average Bonchev–Trinajstić information content (AvgIpc) is 2.72. The van der Waals surface area contributed by atoms with Crippen molar-refractivity contribution < 1.29 is 0 Å². The number of nitrogens with zero attached hydrogens (tertiary/aromatic N) is 3. The second-order valence-corrected chi connectivity index (χ2v) is 4.25. The fourth-order valence-electron chi connectivity index (χ4n) is 1.45. The van der Waals surface area contributed by atoms with Gasteiger partial charge in [0.2, 0.25) is 0 Å². The van der Waals surface area contributed by atoms with Crippen LogP contribution >= 0.6 is 11.8 Å². The molecular weight excluding hydrogens is 220 g/mol. The van der Waals surface area contributed by atoms with Gasteiger partial charge in [0.15, 0.2) is 0 Å². The standard InChI is InChI=1S/C11H14N4S/c1-15-9(8-13-14-15)7-12-10-5-3-4-6-11(10)16-2/h3-6,8,12H,7H2,1-2H3. The minimum atomic E-state index is 0.737. The Kier molecular flexibility index (Phi) is 3.46. The number of benzene rings is 1. The van der Waals surface area contributed by atoms with Gasteiger partial charge in [-0.3, -0.25) is 4.68 Å². The molecule has 5 heteroatoms. The van der Waals surface area contributed by atoms with Crippen molar-refractivity contribution in [2.45, 2.75) is 11.4 Å². The van der Waals surface area contributed by atoms with Crippen LogP contribution in [0.5, 0.6) is 0 Å². The lowest BCUT2D eigenvalue weighted by Crippen LogP contribution is -2.05. The van der Waals surface area contributed by atoms with E-state index in [2.05, 4.69) is 34.0 Å².